The van der Waals surface area contributed by atoms with Crippen LogP contribution in [0.5, 0.6) is 0 Å². The van der Waals surface area contributed by atoms with Crippen molar-refractivity contribution >= 4 is 17.2 Å². The molecule has 1 aliphatic rings. The van der Waals surface area contributed by atoms with Gasteiger partial charge in [-0.25, -0.2) is 4.98 Å². The first-order valence-corrected chi connectivity index (χ1v) is 7.50. The SMILES string of the molecule is Cc1ncc(CNC(=O)C2CCCCCCN2)s1. The summed E-state index contributed by atoms with van der Waals surface area (Å²) in [7, 11) is 0. The first kappa shape index (κ1) is 13.5. The van der Waals surface area contributed by atoms with Crippen molar-refractivity contribution < 1.29 is 4.79 Å². The summed E-state index contributed by atoms with van der Waals surface area (Å²) in [5.41, 5.74) is 0. The number of hydrogen-bond donors (Lipinski definition) is 2. The van der Waals surface area contributed by atoms with Crippen LogP contribution in [0, 0.1) is 6.92 Å². The van der Waals surface area contributed by atoms with Crippen molar-refractivity contribution in [2.75, 3.05) is 6.54 Å². The molecule has 0 aromatic carbocycles. The first-order valence-electron chi connectivity index (χ1n) is 6.68. The van der Waals surface area contributed by atoms with Crippen molar-refractivity contribution in [2.24, 2.45) is 0 Å². The van der Waals surface area contributed by atoms with Crippen molar-refractivity contribution in [3.8, 4) is 0 Å². The first-order chi connectivity index (χ1) is 8.75. The summed E-state index contributed by atoms with van der Waals surface area (Å²) in [4.78, 5) is 17.4. The maximum Gasteiger partial charge on any atom is 0.237 e. The molecule has 2 rings (SSSR count). The Morgan fingerprint density at radius 1 is 1.50 bits per heavy atom. The average Bonchev–Trinajstić information content (AvgIpc) is 2.72. The summed E-state index contributed by atoms with van der Waals surface area (Å²) < 4.78 is 0. The molecule has 1 saturated heterocycles. The number of nitrogens with one attached hydrogen (secondary N) is 2. The predicted molar refractivity (Wildman–Crippen MR) is 73.6 cm³/mol. The maximum absolute atomic E-state index is 12.1. The Labute approximate surface area is 112 Å². The largest absolute Gasteiger partial charge is 0.350 e. The molecule has 100 valence electrons. The van der Waals surface area contributed by atoms with Crippen LogP contribution in [0.3, 0.4) is 0 Å². The molecule has 2 N–H and O–H groups in total. The Morgan fingerprint density at radius 2 is 2.33 bits per heavy atom. The number of hydrogen-bond acceptors (Lipinski definition) is 4. The van der Waals surface area contributed by atoms with Crippen molar-refractivity contribution in [1.82, 2.24) is 15.6 Å². The molecule has 0 spiro atoms. The minimum absolute atomic E-state index is 0.0145. The molecule has 1 amide bonds. The zero-order chi connectivity index (χ0) is 12.8. The number of thiazole rings is 1. The van der Waals surface area contributed by atoms with E-state index in [0.717, 1.165) is 29.3 Å². The molecule has 18 heavy (non-hydrogen) atoms. The van der Waals surface area contributed by atoms with Crippen LogP contribution in [-0.2, 0) is 11.3 Å². The third-order valence-electron chi connectivity index (χ3n) is 3.23. The Balaban J connectivity index is 1.79. The van der Waals surface area contributed by atoms with Gasteiger partial charge in [-0.05, 0) is 26.3 Å². The van der Waals surface area contributed by atoms with Gasteiger partial charge in [-0.3, -0.25) is 4.79 Å². The molecule has 1 unspecified atom stereocenters. The van der Waals surface area contributed by atoms with E-state index in [1.54, 1.807) is 11.3 Å². The summed E-state index contributed by atoms with van der Waals surface area (Å²) in [6, 6.07) is -0.0145. The van der Waals surface area contributed by atoms with E-state index in [9.17, 15) is 4.79 Å². The highest BCUT2D eigenvalue weighted by molar-refractivity contribution is 7.11. The lowest BCUT2D eigenvalue weighted by Crippen LogP contribution is -2.44. The third kappa shape index (κ3) is 4.07. The summed E-state index contributed by atoms with van der Waals surface area (Å²) in [5, 5.41) is 7.38. The Kier molecular flexibility index (Phi) is 5.13. The van der Waals surface area contributed by atoms with Gasteiger partial charge in [0.15, 0.2) is 0 Å². The van der Waals surface area contributed by atoms with Crippen molar-refractivity contribution in [1.29, 1.82) is 0 Å². The Bertz CT molecular complexity index is 383. The van der Waals surface area contributed by atoms with Crippen molar-refractivity contribution in [2.45, 2.75) is 51.6 Å². The van der Waals surface area contributed by atoms with Gasteiger partial charge < -0.3 is 10.6 Å². The smallest absolute Gasteiger partial charge is 0.237 e. The number of carbonyl (C=O) groups is 1. The van der Waals surface area contributed by atoms with Crippen LogP contribution < -0.4 is 10.6 Å². The molecule has 4 nitrogen and oxygen atoms in total. The van der Waals surface area contributed by atoms with Crippen LogP contribution in [0.25, 0.3) is 0 Å². The zero-order valence-corrected chi connectivity index (χ0v) is 11.7. The van der Waals surface area contributed by atoms with Crippen LogP contribution in [0.15, 0.2) is 6.20 Å². The van der Waals surface area contributed by atoms with Gasteiger partial charge in [0, 0.05) is 11.1 Å². The van der Waals surface area contributed by atoms with Gasteiger partial charge in [-0.15, -0.1) is 11.3 Å². The van der Waals surface area contributed by atoms with Crippen LogP contribution in [0.1, 0.15) is 42.0 Å². The van der Waals surface area contributed by atoms with E-state index in [1.807, 2.05) is 13.1 Å². The second-order valence-corrected chi connectivity index (χ2v) is 6.09. The number of aryl methyl sites for hydroxylation is 1. The molecule has 1 fully saturated rings. The van der Waals surface area contributed by atoms with Gasteiger partial charge in [0.05, 0.1) is 17.6 Å². The molecule has 0 radical (unpaired) electrons. The lowest BCUT2D eigenvalue weighted by Gasteiger charge is -2.20. The molecule has 1 aliphatic heterocycles. The molecule has 5 heteroatoms. The molecule has 0 bridgehead atoms. The second-order valence-electron chi connectivity index (χ2n) is 4.77. The van der Waals surface area contributed by atoms with Gasteiger partial charge in [-0.1, -0.05) is 19.3 Å². The molecule has 2 heterocycles. The van der Waals surface area contributed by atoms with Gasteiger partial charge >= 0.3 is 0 Å². The van der Waals surface area contributed by atoms with E-state index in [2.05, 4.69) is 15.6 Å². The van der Waals surface area contributed by atoms with Gasteiger partial charge in [0.25, 0.3) is 0 Å². The van der Waals surface area contributed by atoms with E-state index in [0.29, 0.717) is 6.54 Å². The number of carbonyl (C=O) groups excluding carboxylic acids is 1. The fourth-order valence-corrected chi connectivity index (χ4v) is 2.95. The normalized spacial score (nSPS) is 21.1. The van der Waals surface area contributed by atoms with Crippen LogP contribution in [-0.4, -0.2) is 23.5 Å². The Hall–Kier alpha value is -0.940. The summed E-state index contributed by atoms with van der Waals surface area (Å²) >= 11 is 1.64. The summed E-state index contributed by atoms with van der Waals surface area (Å²) in [6.07, 6.45) is 7.64. The number of aromatic nitrogens is 1. The number of rotatable bonds is 3. The van der Waals surface area contributed by atoms with Gasteiger partial charge in [0.1, 0.15) is 0 Å². The molecule has 1 aromatic heterocycles. The molecular formula is C13H21N3OS. The van der Waals surface area contributed by atoms with Gasteiger partial charge in [0.2, 0.25) is 5.91 Å². The topological polar surface area (TPSA) is 54.0 Å². The monoisotopic (exact) mass is 267 g/mol. The van der Waals surface area contributed by atoms with E-state index >= 15 is 0 Å². The Morgan fingerprint density at radius 3 is 3.11 bits per heavy atom. The van der Waals surface area contributed by atoms with E-state index in [1.165, 1.54) is 19.3 Å². The number of amides is 1. The minimum Gasteiger partial charge on any atom is -0.350 e. The summed E-state index contributed by atoms with van der Waals surface area (Å²) in [6.45, 7) is 3.53. The van der Waals surface area contributed by atoms with Crippen LogP contribution in [0.2, 0.25) is 0 Å². The standard InChI is InChI=1S/C13H21N3OS/c1-10-15-8-11(18-10)9-16-13(17)12-6-4-2-3-5-7-14-12/h8,12,14H,2-7,9H2,1H3,(H,16,17). The molecular weight excluding hydrogens is 246 g/mol. The molecule has 0 saturated carbocycles. The third-order valence-corrected chi connectivity index (χ3v) is 4.15. The van der Waals surface area contributed by atoms with Gasteiger partial charge in [-0.2, -0.15) is 0 Å². The fourth-order valence-electron chi connectivity index (χ4n) is 2.21. The zero-order valence-electron chi connectivity index (χ0n) is 10.9. The van der Waals surface area contributed by atoms with Crippen LogP contribution >= 0.6 is 11.3 Å². The average molecular weight is 267 g/mol. The highest BCUT2D eigenvalue weighted by Gasteiger charge is 2.18. The van der Waals surface area contributed by atoms with E-state index < -0.39 is 0 Å². The predicted octanol–water partition coefficient (Wildman–Crippen LogP) is 1.99. The number of nitrogens with zero attached hydrogens (tertiary/aromatic N) is 1. The lowest BCUT2D eigenvalue weighted by atomic mass is 10.0. The maximum atomic E-state index is 12.1. The van der Waals surface area contributed by atoms with Crippen molar-refractivity contribution in [3.63, 3.8) is 0 Å². The van der Waals surface area contributed by atoms with Crippen LogP contribution in [0.4, 0.5) is 0 Å². The molecule has 1 aromatic rings. The highest BCUT2D eigenvalue weighted by Crippen LogP contribution is 2.12. The molecule has 1 atom stereocenters. The summed E-state index contributed by atoms with van der Waals surface area (Å²) in [5.74, 6) is 0.128. The fraction of sp³-hybridized carbons (Fsp3) is 0.692. The highest BCUT2D eigenvalue weighted by atomic mass is 32.1. The quantitative estimate of drug-likeness (QED) is 0.880. The second kappa shape index (κ2) is 6.85. The molecule has 0 aliphatic carbocycles. The van der Waals surface area contributed by atoms with Crippen molar-refractivity contribution in [3.05, 3.63) is 16.1 Å². The van der Waals surface area contributed by atoms with E-state index in [-0.39, 0.29) is 11.9 Å². The lowest BCUT2D eigenvalue weighted by molar-refractivity contribution is -0.123. The van der Waals surface area contributed by atoms with E-state index in [4.69, 9.17) is 0 Å². The minimum atomic E-state index is -0.0145.